The molecule has 0 radical (unpaired) electrons. The molecule has 3 atom stereocenters. The molecule has 10 heteroatoms. The first-order valence-corrected chi connectivity index (χ1v) is 37.5. The largest absolute Gasteiger partial charge is 0.472 e. The lowest BCUT2D eigenvalue weighted by Crippen LogP contribution is -2.47. The van der Waals surface area contributed by atoms with Gasteiger partial charge in [-0.2, -0.15) is 0 Å². The van der Waals surface area contributed by atoms with Gasteiger partial charge in [0, 0.05) is 12.8 Å². The molecule has 0 aliphatic rings. The number of nitrogens with one attached hydrogen (secondary N) is 1. The quantitative estimate of drug-likeness (QED) is 0.0205. The predicted molar refractivity (Wildman–Crippen MR) is 360 cm³/mol. The van der Waals surface area contributed by atoms with Gasteiger partial charge in [-0.25, -0.2) is 4.57 Å². The molecule has 488 valence electrons. The first-order valence-electron chi connectivity index (χ1n) is 36.0. The number of likely N-dealkylation sites (N-methyl/N-ethyl adjacent to an activating group) is 1. The molecule has 3 unspecified atom stereocenters. The van der Waals surface area contributed by atoms with Gasteiger partial charge in [0.1, 0.15) is 19.3 Å². The fraction of sp³-hybridized carbons (Fsp3) is 0.863. The van der Waals surface area contributed by atoms with Crippen molar-refractivity contribution in [2.75, 3.05) is 40.9 Å². The molecule has 83 heavy (non-hydrogen) atoms. The van der Waals surface area contributed by atoms with E-state index in [4.69, 9.17) is 13.8 Å². The minimum absolute atomic E-state index is 0.0418. The van der Waals surface area contributed by atoms with Gasteiger partial charge in [-0.1, -0.05) is 320 Å². The molecule has 0 bridgehead atoms. The molecular weight excluding hydrogens is 1050 g/mol. The Hall–Kier alpha value is -2.03. The SMILES string of the molecule is CCCCC/C=C\C/C=C\C/C=C\CCCCCCCCCCCCCCC(=O)NC(COP(=O)(O)OCC[N+](C)(C)C)C(/C=C\CCCCCCCCCCCCC)OC(=O)CCCCCCCCCCCCCCCCCCCCC. The van der Waals surface area contributed by atoms with Crippen molar-refractivity contribution in [2.45, 2.75) is 367 Å². The minimum Gasteiger partial charge on any atom is -0.456 e. The van der Waals surface area contributed by atoms with E-state index in [9.17, 15) is 19.0 Å². The number of amides is 1. The van der Waals surface area contributed by atoms with Crippen LogP contribution >= 0.6 is 7.82 Å². The summed E-state index contributed by atoms with van der Waals surface area (Å²) in [6.07, 6.45) is 79.7. The standard InChI is InChI=1S/C73H139N2O7P/c1-7-10-13-16-19-22-25-28-30-32-34-35-36-37-38-39-41-42-44-47-50-53-56-59-62-65-72(76)74-70(69-81-83(78,79)80-68-67-75(4,5)6)71(64-61-58-55-52-49-46-27-24-21-18-15-12-9-3)82-73(77)66-63-60-57-54-51-48-45-43-40-33-31-29-26-23-20-17-14-11-8-2/h19,22,28,30,34-35,61,64,70-71H,7-18,20-21,23-27,29,31-33,36-60,62-63,65-69H2,1-6H3,(H-,74,76,78,79)/p+1/b22-19-,30-28-,35-34-,64-61-. The number of quaternary nitrogens is 1. The predicted octanol–water partition coefficient (Wildman–Crippen LogP) is 22.8. The molecule has 0 saturated heterocycles. The van der Waals surface area contributed by atoms with Crippen molar-refractivity contribution in [1.82, 2.24) is 5.32 Å². The van der Waals surface area contributed by atoms with E-state index >= 15 is 0 Å². The summed E-state index contributed by atoms with van der Waals surface area (Å²) in [6.45, 7) is 7.04. The third-order valence-corrected chi connectivity index (χ3v) is 17.3. The van der Waals surface area contributed by atoms with Crippen LogP contribution in [0.25, 0.3) is 0 Å². The van der Waals surface area contributed by atoms with Crippen molar-refractivity contribution < 1.29 is 37.3 Å². The average molecular weight is 1190 g/mol. The Morgan fingerprint density at radius 3 is 1.12 bits per heavy atom. The first kappa shape index (κ1) is 81.0. The number of carbonyl (C=O) groups is 2. The molecular formula is C73H140N2O7P+. The molecule has 0 aromatic rings. The van der Waals surface area contributed by atoms with Crippen molar-refractivity contribution in [3.8, 4) is 0 Å². The summed E-state index contributed by atoms with van der Waals surface area (Å²) >= 11 is 0. The van der Waals surface area contributed by atoms with E-state index in [1.54, 1.807) is 0 Å². The summed E-state index contributed by atoms with van der Waals surface area (Å²) in [5, 5.41) is 3.08. The first-order chi connectivity index (χ1) is 40.4. The van der Waals surface area contributed by atoms with Crippen LogP contribution < -0.4 is 5.32 Å². The molecule has 9 nitrogen and oxygen atoms in total. The average Bonchev–Trinajstić information content (AvgIpc) is 3.46. The van der Waals surface area contributed by atoms with Crippen molar-refractivity contribution in [3.05, 3.63) is 48.6 Å². The van der Waals surface area contributed by atoms with Crippen LogP contribution in [0.5, 0.6) is 0 Å². The van der Waals surface area contributed by atoms with Gasteiger partial charge in [0.25, 0.3) is 0 Å². The third kappa shape index (κ3) is 64.3. The van der Waals surface area contributed by atoms with E-state index < -0.39 is 20.0 Å². The van der Waals surface area contributed by atoms with E-state index in [2.05, 4.69) is 68.6 Å². The number of hydrogen-bond donors (Lipinski definition) is 2. The molecule has 0 rings (SSSR count). The lowest BCUT2D eigenvalue weighted by molar-refractivity contribution is -0.870. The van der Waals surface area contributed by atoms with E-state index in [-0.39, 0.29) is 25.1 Å². The Bertz CT molecular complexity index is 1560. The van der Waals surface area contributed by atoms with Gasteiger partial charge in [-0.05, 0) is 70.3 Å². The van der Waals surface area contributed by atoms with Crippen molar-refractivity contribution in [2.24, 2.45) is 0 Å². The normalized spacial score (nSPS) is 13.8. The highest BCUT2D eigenvalue weighted by Crippen LogP contribution is 2.43. The van der Waals surface area contributed by atoms with Crippen LogP contribution in [0.4, 0.5) is 0 Å². The van der Waals surface area contributed by atoms with Gasteiger partial charge >= 0.3 is 13.8 Å². The molecule has 0 aromatic carbocycles. The van der Waals surface area contributed by atoms with Gasteiger partial charge in [0.15, 0.2) is 0 Å². The van der Waals surface area contributed by atoms with Crippen LogP contribution in [-0.2, 0) is 27.9 Å². The molecule has 0 fully saturated rings. The van der Waals surface area contributed by atoms with Crippen LogP contribution in [0.2, 0.25) is 0 Å². The second-order valence-electron chi connectivity index (χ2n) is 25.8. The van der Waals surface area contributed by atoms with Crippen molar-refractivity contribution in [3.63, 3.8) is 0 Å². The van der Waals surface area contributed by atoms with Gasteiger partial charge in [-0.3, -0.25) is 18.6 Å². The fourth-order valence-electron chi connectivity index (χ4n) is 10.7. The summed E-state index contributed by atoms with van der Waals surface area (Å²) in [5.41, 5.74) is 0. The number of nitrogens with zero attached hydrogens (tertiary/aromatic N) is 1. The highest BCUT2D eigenvalue weighted by atomic mass is 31.2. The Balaban J connectivity index is 5.07. The van der Waals surface area contributed by atoms with Gasteiger partial charge in [-0.15, -0.1) is 0 Å². The Labute approximate surface area is 516 Å². The fourth-order valence-corrected chi connectivity index (χ4v) is 11.5. The molecule has 0 aliphatic carbocycles. The maximum atomic E-state index is 13.6. The number of hydrogen-bond acceptors (Lipinski definition) is 6. The molecule has 0 aliphatic heterocycles. The van der Waals surface area contributed by atoms with E-state index in [0.29, 0.717) is 23.9 Å². The van der Waals surface area contributed by atoms with Gasteiger partial charge in [0.05, 0.1) is 33.8 Å². The lowest BCUT2D eigenvalue weighted by Gasteiger charge is -2.27. The van der Waals surface area contributed by atoms with Gasteiger partial charge in [0.2, 0.25) is 5.91 Å². The van der Waals surface area contributed by atoms with E-state index in [1.807, 2.05) is 27.2 Å². The smallest absolute Gasteiger partial charge is 0.456 e. The van der Waals surface area contributed by atoms with Crippen LogP contribution in [0.1, 0.15) is 355 Å². The number of esters is 1. The zero-order chi connectivity index (χ0) is 60.7. The molecule has 0 heterocycles. The summed E-state index contributed by atoms with van der Waals surface area (Å²) in [5.74, 6) is -0.488. The summed E-state index contributed by atoms with van der Waals surface area (Å²) in [7, 11) is 1.51. The Kier molecular flexibility index (Phi) is 61.5. The van der Waals surface area contributed by atoms with E-state index in [0.717, 1.165) is 70.6 Å². The lowest BCUT2D eigenvalue weighted by atomic mass is 10.0. The molecule has 0 saturated carbocycles. The zero-order valence-corrected chi connectivity index (χ0v) is 56.8. The van der Waals surface area contributed by atoms with Crippen LogP contribution in [0.15, 0.2) is 48.6 Å². The second kappa shape index (κ2) is 63.0. The van der Waals surface area contributed by atoms with Crippen molar-refractivity contribution >= 4 is 19.7 Å². The van der Waals surface area contributed by atoms with Crippen LogP contribution in [-0.4, -0.2) is 74.3 Å². The molecule has 2 N–H and O–H groups in total. The maximum absolute atomic E-state index is 13.6. The Morgan fingerprint density at radius 1 is 0.422 bits per heavy atom. The number of phosphoric ester groups is 1. The number of ether oxygens (including phenoxy) is 1. The molecule has 0 spiro atoms. The highest BCUT2D eigenvalue weighted by Gasteiger charge is 2.30. The number of carbonyl (C=O) groups excluding carboxylic acids is 2. The number of unbranched alkanes of at least 4 members (excludes halogenated alkanes) is 44. The molecule has 1 amide bonds. The number of allylic oxidation sites excluding steroid dienone is 7. The Morgan fingerprint density at radius 2 is 0.735 bits per heavy atom. The number of phosphoric acid groups is 1. The van der Waals surface area contributed by atoms with Crippen LogP contribution in [0, 0.1) is 0 Å². The van der Waals surface area contributed by atoms with Crippen LogP contribution in [0.3, 0.4) is 0 Å². The maximum Gasteiger partial charge on any atom is 0.472 e. The third-order valence-electron chi connectivity index (χ3n) is 16.3. The summed E-state index contributed by atoms with van der Waals surface area (Å²) in [6, 6.07) is -0.848. The zero-order valence-electron chi connectivity index (χ0n) is 56.0. The molecule has 0 aromatic heterocycles. The second-order valence-corrected chi connectivity index (χ2v) is 27.2. The highest BCUT2D eigenvalue weighted by molar-refractivity contribution is 7.47. The monoisotopic (exact) mass is 1190 g/mol. The minimum atomic E-state index is -4.45. The van der Waals surface area contributed by atoms with Crippen molar-refractivity contribution in [1.29, 1.82) is 0 Å². The van der Waals surface area contributed by atoms with E-state index in [1.165, 1.54) is 250 Å². The van der Waals surface area contributed by atoms with Gasteiger partial charge < -0.3 is 19.4 Å². The summed E-state index contributed by atoms with van der Waals surface area (Å²) in [4.78, 5) is 37.9. The summed E-state index contributed by atoms with van der Waals surface area (Å²) < 4.78 is 30.9. The topological polar surface area (TPSA) is 111 Å². The number of rotatable bonds is 66.